The molecule has 0 radical (unpaired) electrons. The van der Waals surface area contributed by atoms with Crippen LogP contribution in [0.2, 0.25) is 5.02 Å². The minimum atomic E-state index is -3.82. The molecule has 7 nitrogen and oxygen atoms in total. The molecule has 0 fully saturated rings. The predicted octanol–water partition coefficient (Wildman–Crippen LogP) is 4.20. The fourth-order valence-electron chi connectivity index (χ4n) is 3.20. The number of carbonyl (C=O) groups is 2. The maximum absolute atomic E-state index is 13.4. The van der Waals surface area contributed by atoms with E-state index in [-0.39, 0.29) is 23.2 Å². The smallest absolute Gasteiger partial charge is 0.244 e. The molecule has 0 aliphatic carbocycles. The quantitative estimate of drug-likeness (QED) is 0.419. The summed E-state index contributed by atoms with van der Waals surface area (Å²) in [5.41, 5.74) is 1.01. The van der Waals surface area contributed by atoms with Crippen LogP contribution in [0.25, 0.3) is 0 Å². The molecule has 0 aliphatic heterocycles. The fraction of sp³-hybridized carbons (Fsp3) is 0.391. The summed E-state index contributed by atoms with van der Waals surface area (Å²) in [7, 11) is -3.82. The molecule has 0 heterocycles. The molecule has 33 heavy (non-hydrogen) atoms. The van der Waals surface area contributed by atoms with E-state index < -0.39 is 28.5 Å². The van der Waals surface area contributed by atoms with Gasteiger partial charge in [0.05, 0.1) is 17.0 Å². The zero-order valence-corrected chi connectivity index (χ0v) is 22.1. The van der Waals surface area contributed by atoms with Gasteiger partial charge >= 0.3 is 0 Å². The van der Waals surface area contributed by atoms with Crippen LogP contribution in [0.4, 0.5) is 5.69 Å². The van der Waals surface area contributed by atoms with E-state index in [0.717, 1.165) is 33.4 Å². The summed E-state index contributed by atoms with van der Waals surface area (Å²) < 4.78 is 26.9. The fourth-order valence-corrected chi connectivity index (χ4v) is 4.80. The number of hydrogen-bond acceptors (Lipinski definition) is 4. The topological polar surface area (TPSA) is 86.8 Å². The lowest BCUT2D eigenvalue weighted by Gasteiger charge is -2.31. The number of rotatable bonds is 11. The highest BCUT2D eigenvalue weighted by Crippen LogP contribution is 2.27. The third-order valence-corrected chi connectivity index (χ3v) is 6.98. The van der Waals surface area contributed by atoms with Gasteiger partial charge in [0.1, 0.15) is 12.6 Å². The highest BCUT2D eigenvalue weighted by atomic mass is 79.9. The van der Waals surface area contributed by atoms with Crippen molar-refractivity contribution < 1.29 is 18.0 Å². The first-order chi connectivity index (χ1) is 15.5. The summed E-state index contributed by atoms with van der Waals surface area (Å²) in [5.74, 6) is -0.811. The van der Waals surface area contributed by atoms with Crippen LogP contribution in [0.3, 0.4) is 0 Å². The molecule has 0 bridgehead atoms. The number of sulfonamides is 1. The van der Waals surface area contributed by atoms with Crippen LogP contribution >= 0.6 is 27.5 Å². The van der Waals surface area contributed by atoms with Crippen molar-refractivity contribution in [1.29, 1.82) is 0 Å². The zero-order valence-electron chi connectivity index (χ0n) is 18.9. The van der Waals surface area contributed by atoms with Crippen molar-refractivity contribution in [2.75, 3.05) is 23.7 Å². The molecular formula is C23H29BrClN3O4S. The number of anilines is 1. The van der Waals surface area contributed by atoms with Gasteiger partial charge in [-0.25, -0.2) is 8.42 Å². The van der Waals surface area contributed by atoms with Gasteiger partial charge in [0.15, 0.2) is 0 Å². The first kappa shape index (κ1) is 27.1. The first-order valence-corrected chi connectivity index (χ1v) is 13.6. The molecule has 0 saturated carbocycles. The largest absolute Gasteiger partial charge is 0.354 e. The molecule has 180 valence electrons. The molecule has 1 atom stereocenters. The SMILES string of the molecule is CCCCNC(=O)[C@H](C)N(Cc1cccc(Br)c1)C(=O)CN(c1ccccc1Cl)S(C)(=O)=O. The summed E-state index contributed by atoms with van der Waals surface area (Å²) in [4.78, 5) is 27.6. The van der Waals surface area contributed by atoms with Gasteiger partial charge in [-0.15, -0.1) is 0 Å². The molecule has 0 unspecified atom stereocenters. The van der Waals surface area contributed by atoms with Gasteiger partial charge in [0, 0.05) is 17.6 Å². The standard InChI is InChI=1S/C23H29BrClN3O4S/c1-4-5-13-26-23(30)17(2)27(15-18-9-8-10-19(24)14-18)22(29)16-28(33(3,31)32)21-12-7-6-11-20(21)25/h6-12,14,17H,4-5,13,15-16H2,1-3H3,(H,26,30)/t17-/m0/s1. The average Bonchev–Trinajstić information content (AvgIpc) is 2.75. The van der Waals surface area contributed by atoms with Crippen LogP contribution in [-0.2, 0) is 26.2 Å². The molecule has 2 aromatic rings. The van der Waals surface area contributed by atoms with E-state index in [0.29, 0.717) is 6.54 Å². The van der Waals surface area contributed by atoms with E-state index in [9.17, 15) is 18.0 Å². The predicted molar refractivity (Wildman–Crippen MR) is 136 cm³/mol. The van der Waals surface area contributed by atoms with Crippen molar-refractivity contribution in [1.82, 2.24) is 10.2 Å². The Morgan fingerprint density at radius 3 is 2.45 bits per heavy atom. The average molecular weight is 559 g/mol. The van der Waals surface area contributed by atoms with Crippen LogP contribution in [0.1, 0.15) is 32.3 Å². The Bertz CT molecular complexity index is 1080. The third-order valence-electron chi connectivity index (χ3n) is 5.04. The van der Waals surface area contributed by atoms with Crippen LogP contribution in [-0.4, -0.2) is 50.5 Å². The minimum Gasteiger partial charge on any atom is -0.354 e. The molecule has 0 aliphatic rings. The summed E-state index contributed by atoms with van der Waals surface area (Å²) in [5, 5.41) is 3.05. The van der Waals surface area contributed by atoms with Crippen LogP contribution in [0.15, 0.2) is 53.0 Å². The number of unbranched alkanes of at least 4 members (excludes halogenated alkanes) is 1. The summed E-state index contributed by atoms with van der Waals surface area (Å²) >= 11 is 9.64. The molecule has 10 heteroatoms. The third kappa shape index (κ3) is 8.01. The first-order valence-electron chi connectivity index (χ1n) is 10.6. The van der Waals surface area contributed by atoms with E-state index in [1.165, 1.54) is 11.0 Å². The Labute approximate surface area is 209 Å². The number of nitrogens with one attached hydrogen (secondary N) is 1. The lowest BCUT2D eigenvalue weighted by atomic mass is 10.1. The summed E-state index contributed by atoms with van der Waals surface area (Å²) in [6.45, 7) is 3.82. The minimum absolute atomic E-state index is 0.140. The van der Waals surface area contributed by atoms with Crippen LogP contribution in [0.5, 0.6) is 0 Å². The lowest BCUT2D eigenvalue weighted by molar-refractivity contribution is -0.139. The van der Waals surface area contributed by atoms with Crippen molar-refractivity contribution in [3.8, 4) is 0 Å². The Morgan fingerprint density at radius 1 is 1.15 bits per heavy atom. The Balaban J connectivity index is 2.36. The molecule has 1 N–H and O–H groups in total. The maximum Gasteiger partial charge on any atom is 0.244 e. The monoisotopic (exact) mass is 557 g/mol. The van der Waals surface area contributed by atoms with Gasteiger partial charge in [0.2, 0.25) is 21.8 Å². The van der Waals surface area contributed by atoms with Crippen LogP contribution in [0, 0.1) is 0 Å². The lowest BCUT2D eigenvalue weighted by Crippen LogP contribution is -2.51. The molecule has 0 spiro atoms. The Hall–Kier alpha value is -2.10. The van der Waals surface area contributed by atoms with E-state index in [2.05, 4.69) is 21.2 Å². The normalized spacial score (nSPS) is 12.2. The molecule has 2 amide bonds. The molecule has 2 rings (SSSR count). The second kappa shape index (κ2) is 12.4. The summed E-state index contributed by atoms with van der Waals surface area (Å²) in [6.07, 6.45) is 2.77. The van der Waals surface area contributed by atoms with Crippen molar-refractivity contribution in [3.05, 3.63) is 63.6 Å². The molecule has 0 saturated heterocycles. The van der Waals surface area contributed by atoms with Crippen molar-refractivity contribution >= 4 is 55.1 Å². The van der Waals surface area contributed by atoms with Gasteiger partial charge in [0.25, 0.3) is 0 Å². The summed E-state index contributed by atoms with van der Waals surface area (Å²) in [6, 6.07) is 13.0. The molecular weight excluding hydrogens is 530 g/mol. The van der Waals surface area contributed by atoms with E-state index in [1.54, 1.807) is 25.1 Å². The second-order valence-corrected chi connectivity index (χ2v) is 10.9. The second-order valence-electron chi connectivity index (χ2n) is 7.69. The van der Waals surface area contributed by atoms with Gasteiger partial charge in [-0.3, -0.25) is 13.9 Å². The number of carbonyl (C=O) groups excluding carboxylic acids is 2. The van der Waals surface area contributed by atoms with Crippen molar-refractivity contribution in [2.45, 2.75) is 39.3 Å². The number of hydrogen-bond donors (Lipinski definition) is 1. The number of para-hydroxylation sites is 1. The number of amides is 2. The zero-order chi connectivity index (χ0) is 24.6. The van der Waals surface area contributed by atoms with Crippen LogP contribution < -0.4 is 9.62 Å². The number of nitrogens with zero attached hydrogens (tertiary/aromatic N) is 2. The number of halogens is 2. The van der Waals surface area contributed by atoms with E-state index in [4.69, 9.17) is 11.6 Å². The van der Waals surface area contributed by atoms with Crippen molar-refractivity contribution in [2.24, 2.45) is 0 Å². The molecule has 0 aromatic heterocycles. The van der Waals surface area contributed by atoms with E-state index in [1.807, 2.05) is 31.2 Å². The number of benzene rings is 2. The van der Waals surface area contributed by atoms with Gasteiger partial charge < -0.3 is 10.2 Å². The highest BCUT2D eigenvalue weighted by molar-refractivity contribution is 9.10. The Morgan fingerprint density at radius 2 is 1.85 bits per heavy atom. The van der Waals surface area contributed by atoms with Gasteiger partial charge in [-0.2, -0.15) is 0 Å². The van der Waals surface area contributed by atoms with Gasteiger partial charge in [-0.1, -0.05) is 65.1 Å². The molecule has 2 aromatic carbocycles. The maximum atomic E-state index is 13.4. The van der Waals surface area contributed by atoms with Gasteiger partial charge in [-0.05, 0) is 43.2 Å². The highest BCUT2D eigenvalue weighted by Gasteiger charge is 2.30. The Kier molecular flexibility index (Phi) is 10.2. The van der Waals surface area contributed by atoms with Crippen molar-refractivity contribution in [3.63, 3.8) is 0 Å². The van der Waals surface area contributed by atoms with E-state index >= 15 is 0 Å².